The molecule has 0 aliphatic carbocycles. The number of carbonyl (C=O) groups is 2. The number of benzene rings is 2. The van der Waals surface area contributed by atoms with Crippen LogP contribution < -0.4 is 0 Å². The maximum atomic E-state index is 12.5. The van der Waals surface area contributed by atoms with Crippen LogP contribution in [0.3, 0.4) is 0 Å². The third-order valence-corrected chi connectivity index (χ3v) is 4.65. The van der Waals surface area contributed by atoms with Crippen molar-refractivity contribution in [1.29, 1.82) is 0 Å². The summed E-state index contributed by atoms with van der Waals surface area (Å²) in [6.07, 6.45) is -0.884. The lowest BCUT2D eigenvalue weighted by molar-refractivity contribution is -0.145. The molecule has 0 bridgehead atoms. The average Bonchev–Trinajstić information content (AvgIpc) is 2.56. The highest BCUT2D eigenvalue weighted by Crippen LogP contribution is 2.23. The van der Waals surface area contributed by atoms with Crippen LogP contribution in [0.2, 0.25) is 10.0 Å². The third kappa shape index (κ3) is 5.33. The Morgan fingerprint density at radius 2 is 1.65 bits per heavy atom. The molecule has 0 aromatic heterocycles. The van der Waals surface area contributed by atoms with Gasteiger partial charge in [0.25, 0.3) is 0 Å². The molecule has 26 heavy (non-hydrogen) atoms. The van der Waals surface area contributed by atoms with E-state index in [4.69, 9.17) is 27.9 Å². The molecule has 0 aliphatic heterocycles. The lowest BCUT2D eigenvalue weighted by Crippen LogP contribution is -2.25. The Morgan fingerprint density at radius 3 is 2.19 bits per heavy atom. The molecular weight excluding hydrogens is 371 g/mol. The van der Waals surface area contributed by atoms with Crippen molar-refractivity contribution in [3.63, 3.8) is 0 Å². The summed E-state index contributed by atoms with van der Waals surface area (Å²) in [7, 11) is 0. The number of carbonyl (C=O) groups excluding carboxylic acids is 2. The highest BCUT2D eigenvalue weighted by molar-refractivity contribution is 6.35. The molecule has 2 rings (SSSR count). The SMILES string of the molecule is C[C@H](OC(=O)Cc1ccc(Cl)cc1Cl)C(=O)c1ccc(C(C)(C)C)cc1. The molecule has 0 amide bonds. The Labute approximate surface area is 164 Å². The molecule has 0 aliphatic rings. The zero-order chi connectivity index (χ0) is 19.5. The second-order valence-corrected chi connectivity index (χ2v) is 8.08. The molecule has 2 aromatic rings. The molecular formula is C21H22Cl2O3. The van der Waals surface area contributed by atoms with E-state index < -0.39 is 12.1 Å². The Bertz CT molecular complexity index is 805. The number of ether oxygens (including phenoxy) is 1. The second-order valence-electron chi connectivity index (χ2n) is 7.24. The third-order valence-electron chi connectivity index (χ3n) is 4.06. The summed E-state index contributed by atoms with van der Waals surface area (Å²) >= 11 is 11.9. The van der Waals surface area contributed by atoms with Crippen LogP contribution in [0.15, 0.2) is 42.5 Å². The van der Waals surface area contributed by atoms with Crippen LogP contribution >= 0.6 is 23.2 Å². The van der Waals surface area contributed by atoms with Gasteiger partial charge in [0.15, 0.2) is 6.10 Å². The Kier molecular flexibility index (Phi) is 6.48. The molecule has 0 spiro atoms. The van der Waals surface area contributed by atoms with Gasteiger partial charge in [-0.1, -0.05) is 74.3 Å². The predicted octanol–water partition coefficient (Wildman–Crippen LogP) is 5.65. The number of rotatable bonds is 5. The van der Waals surface area contributed by atoms with Gasteiger partial charge in [0.2, 0.25) is 5.78 Å². The summed E-state index contributed by atoms with van der Waals surface area (Å²) < 4.78 is 5.27. The first-order valence-corrected chi connectivity index (χ1v) is 9.11. The first-order valence-electron chi connectivity index (χ1n) is 8.36. The summed E-state index contributed by atoms with van der Waals surface area (Å²) in [5, 5.41) is 0.889. The first-order chi connectivity index (χ1) is 12.1. The maximum Gasteiger partial charge on any atom is 0.311 e. The fourth-order valence-corrected chi connectivity index (χ4v) is 2.96. The fourth-order valence-electron chi connectivity index (χ4n) is 2.48. The van der Waals surface area contributed by atoms with Crippen LogP contribution in [0.25, 0.3) is 0 Å². The van der Waals surface area contributed by atoms with Gasteiger partial charge in [0, 0.05) is 15.6 Å². The molecule has 0 N–H and O–H groups in total. The van der Waals surface area contributed by atoms with E-state index in [9.17, 15) is 9.59 Å². The normalized spacial score (nSPS) is 12.5. The van der Waals surface area contributed by atoms with Gasteiger partial charge in [-0.2, -0.15) is 0 Å². The van der Waals surface area contributed by atoms with Crippen LogP contribution in [-0.2, 0) is 21.4 Å². The summed E-state index contributed by atoms with van der Waals surface area (Å²) in [6.45, 7) is 7.89. The van der Waals surface area contributed by atoms with Crippen LogP contribution in [0.1, 0.15) is 49.2 Å². The summed E-state index contributed by atoms with van der Waals surface area (Å²) in [5.74, 6) is -0.748. The smallest absolute Gasteiger partial charge is 0.311 e. The van der Waals surface area contributed by atoms with Gasteiger partial charge in [-0.15, -0.1) is 0 Å². The highest BCUT2D eigenvalue weighted by Gasteiger charge is 2.21. The number of ketones is 1. The van der Waals surface area contributed by atoms with E-state index in [0.717, 1.165) is 5.56 Å². The highest BCUT2D eigenvalue weighted by atomic mass is 35.5. The van der Waals surface area contributed by atoms with Gasteiger partial charge in [-0.3, -0.25) is 9.59 Å². The predicted molar refractivity (Wildman–Crippen MR) is 105 cm³/mol. The second kappa shape index (κ2) is 8.24. The van der Waals surface area contributed by atoms with Crippen LogP contribution in [0, 0.1) is 0 Å². The minimum Gasteiger partial charge on any atom is -0.454 e. The first kappa shape index (κ1) is 20.5. The number of Topliss-reactive ketones (excluding diaryl/α,β-unsaturated/α-hetero) is 1. The van der Waals surface area contributed by atoms with Crippen molar-refractivity contribution < 1.29 is 14.3 Å². The van der Waals surface area contributed by atoms with E-state index >= 15 is 0 Å². The molecule has 0 saturated heterocycles. The van der Waals surface area contributed by atoms with E-state index in [0.29, 0.717) is 21.2 Å². The minimum absolute atomic E-state index is 0.0114. The number of hydrogen-bond donors (Lipinski definition) is 0. The van der Waals surface area contributed by atoms with Crippen LogP contribution in [-0.4, -0.2) is 17.9 Å². The lowest BCUT2D eigenvalue weighted by atomic mass is 9.86. The quantitative estimate of drug-likeness (QED) is 0.487. The van der Waals surface area contributed by atoms with Gasteiger partial charge in [0.05, 0.1) is 6.42 Å². The van der Waals surface area contributed by atoms with Gasteiger partial charge in [-0.05, 0) is 35.6 Å². The Morgan fingerprint density at radius 1 is 1.04 bits per heavy atom. The number of halogens is 2. The standard InChI is InChI=1S/C21H22Cl2O3/c1-13(20(25)14-5-8-16(9-6-14)21(2,3)4)26-19(24)11-15-7-10-17(22)12-18(15)23/h5-10,12-13H,11H2,1-4H3/t13-/m0/s1. The molecule has 2 aromatic carbocycles. The van der Waals surface area contributed by atoms with Gasteiger partial charge in [0.1, 0.15) is 0 Å². The summed E-state index contributed by atoms with van der Waals surface area (Å²) in [4.78, 5) is 24.6. The topological polar surface area (TPSA) is 43.4 Å². The molecule has 138 valence electrons. The molecule has 0 saturated carbocycles. The van der Waals surface area contributed by atoms with Gasteiger partial charge >= 0.3 is 5.97 Å². The van der Waals surface area contributed by atoms with Crippen molar-refractivity contribution in [3.8, 4) is 0 Å². The van der Waals surface area contributed by atoms with Crippen molar-refractivity contribution >= 4 is 35.0 Å². The van der Waals surface area contributed by atoms with Crippen molar-refractivity contribution in [1.82, 2.24) is 0 Å². The van der Waals surface area contributed by atoms with E-state index in [1.807, 2.05) is 12.1 Å². The summed E-state index contributed by atoms with van der Waals surface area (Å²) in [5.41, 5.74) is 2.27. The number of esters is 1. The lowest BCUT2D eigenvalue weighted by Gasteiger charge is -2.19. The average molecular weight is 393 g/mol. The van der Waals surface area contributed by atoms with E-state index in [2.05, 4.69) is 20.8 Å². The van der Waals surface area contributed by atoms with Crippen molar-refractivity contribution in [2.45, 2.75) is 45.6 Å². The molecule has 0 fully saturated rings. The molecule has 0 radical (unpaired) electrons. The van der Waals surface area contributed by atoms with E-state index in [1.165, 1.54) is 0 Å². The zero-order valence-electron chi connectivity index (χ0n) is 15.3. The van der Waals surface area contributed by atoms with Crippen LogP contribution in [0.5, 0.6) is 0 Å². The van der Waals surface area contributed by atoms with Gasteiger partial charge < -0.3 is 4.74 Å². The molecule has 3 nitrogen and oxygen atoms in total. The van der Waals surface area contributed by atoms with E-state index in [1.54, 1.807) is 37.3 Å². The van der Waals surface area contributed by atoms with Crippen molar-refractivity contribution in [2.24, 2.45) is 0 Å². The zero-order valence-corrected chi connectivity index (χ0v) is 16.8. The van der Waals surface area contributed by atoms with Crippen molar-refractivity contribution in [2.75, 3.05) is 0 Å². The Balaban J connectivity index is 2.01. The fraction of sp³-hybridized carbons (Fsp3) is 0.333. The monoisotopic (exact) mass is 392 g/mol. The molecule has 5 heteroatoms. The maximum absolute atomic E-state index is 12.5. The summed E-state index contributed by atoms with van der Waals surface area (Å²) in [6, 6.07) is 12.3. The largest absolute Gasteiger partial charge is 0.454 e. The van der Waals surface area contributed by atoms with Crippen LogP contribution in [0.4, 0.5) is 0 Å². The molecule has 1 atom stereocenters. The Hall–Kier alpha value is -1.84. The van der Waals surface area contributed by atoms with Gasteiger partial charge in [-0.25, -0.2) is 0 Å². The van der Waals surface area contributed by atoms with E-state index in [-0.39, 0.29) is 17.6 Å². The number of hydrogen-bond acceptors (Lipinski definition) is 3. The minimum atomic E-state index is -0.867. The molecule has 0 unspecified atom stereocenters. The molecule has 0 heterocycles. The van der Waals surface area contributed by atoms with Crippen molar-refractivity contribution in [3.05, 3.63) is 69.2 Å².